The molecule has 1 aliphatic rings. The van der Waals surface area contributed by atoms with Crippen LogP contribution < -0.4 is 15.4 Å². The van der Waals surface area contributed by atoms with Crippen LogP contribution >= 0.6 is 0 Å². The van der Waals surface area contributed by atoms with Crippen LogP contribution in [-0.2, 0) is 9.59 Å². The number of nitrogens with two attached hydrogens (primary N) is 1. The molecule has 0 spiro atoms. The third-order valence-electron chi connectivity index (χ3n) is 4.39. The highest BCUT2D eigenvalue weighted by molar-refractivity contribution is 6.03. The lowest BCUT2D eigenvalue weighted by Crippen LogP contribution is -2.50. The number of nitrogens with zero attached hydrogens (tertiary/aromatic N) is 2. The summed E-state index contributed by atoms with van der Waals surface area (Å²) >= 11 is 0. The molecule has 0 aromatic heterocycles. The number of hydrogen-bond donors (Lipinski definition) is 1. The number of likely N-dealkylation sites (N-methyl/N-ethyl adjacent to an activating group) is 1. The lowest BCUT2D eigenvalue weighted by molar-refractivity contribution is -0.133. The fourth-order valence-electron chi connectivity index (χ4n) is 2.86. The van der Waals surface area contributed by atoms with Gasteiger partial charge in [0, 0.05) is 19.1 Å². The summed E-state index contributed by atoms with van der Waals surface area (Å²) in [4.78, 5) is 28.5. The van der Waals surface area contributed by atoms with Crippen LogP contribution in [0.4, 0.5) is 5.69 Å². The molecule has 0 saturated carbocycles. The van der Waals surface area contributed by atoms with Crippen molar-refractivity contribution in [2.75, 3.05) is 24.5 Å². The van der Waals surface area contributed by atoms with Gasteiger partial charge in [-0.3, -0.25) is 14.5 Å². The van der Waals surface area contributed by atoms with Crippen LogP contribution in [0.5, 0.6) is 5.75 Å². The second-order valence-electron chi connectivity index (χ2n) is 6.02. The third-order valence-corrected chi connectivity index (χ3v) is 4.39. The average Bonchev–Trinajstić information content (AvgIpc) is 2.57. The van der Waals surface area contributed by atoms with Crippen LogP contribution in [0.3, 0.4) is 0 Å². The number of rotatable bonds is 6. The van der Waals surface area contributed by atoms with Crippen LogP contribution in [0.15, 0.2) is 18.2 Å². The molecule has 0 bridgehead atoms. The topological polar surface area (TPSA) is 75.9 Å². The zero-order chi connectivity index (χ0) is 17.9. The fourth-order valence-corrected chi connectivity index (χ4v) is 2.86. The number of amides is 2. The fraction of sp³-hybridized carbons (Fsp3) is 0.556. The molecule has 1 aliphatic heterocycles. The van der Waals surface area contributed by atoms with Gasteiger partial charge in [0.2, 0.25) is 5.91 Å². The van der Waals surface area contributed by atoms with E-state index in [9.17, 15) is 9.59 Å². The summed E-state index contributed by atoms with van der Waals surface area (Å²) in [6.07, 6.45) is 0.00617. The maximum absolute atomic E-state index is 12.7. The molecular weight excluding hydrogens is 306 g/mol. The van der Waals surface area contributed by atoms with E-state index in [0.717, 1.165) is 5.56 Å². The van der Waals surface area contributed by atoms with Crippen molar-refractivity contribution >= 4 is 17.5 Å². The molecule has 2 atom stereocenters. The predicted molar refractivity (Wildman–Crippen MR) is 94.0 cm³/mol. The molecule has 1 aromatic rings. The van der Waals surface area contributed by atoms with E-state index in [1.165, 1.54) is 0 Å². The minimum absolute atomic E-state index is 0.0236. The molecule has 6 nitrogen and oxygen atoms in total. The van der Waals surface area contributed by atoms with Crippen molar-refractivity contribution in [2.45, 2.75) is 46.3 Å². The van der Waals surface area contributed by atoms with Gasteiger partial charge in [0.05, 0.1) is 5.69 Å². The summed E-state index contributed by atoms with van der Waals surface area (Å²) in [7, 11) is 0. The van der Waals surface area contributed by atoms with Gasteiger partial charge in [0.15, 0.2) is 6.10 Å². The van der Waals surface area contributed by atoms with Crippen LogP contribution in [0.2, 0.25) is 0 Å². The average molecular weight is 333 g/mol. The summed E-state index contributed by atoms with van der Waals surface area (Å²) in [5, 5.41) is 0. The van der Waals surface area contributed by atoms with Gasteiger partial charge >= 0.3 is 0 Å². The third kappa shape index (κ3) is 3.53. The summed E-state index contributed by atoms with van der Waals surface area (Å²) in [6.45, 7) is 8.91. The van der Waals surface area contributed by atoms with E-state index in [1.54, 1.807) is 9.80 Å². The Labute approximate surface area is 143 Å². The van der Waals surface area contributed by atoms with Crippen LogP contribution in [0.1, 0.15) is 45.7 Å². The largest absolute Gasteiger partial charge is 0.478 e. The number of fused-ring (bicyclic) bond motifs is 1. The molecule has 6 heteroatoms. The van der Waals surface area contributed by atoms with Gasteiger partial charge < -0.3 is 15.4 Å². The summed E-state index contributed by atoms with van der Waals surface area (Å²) in [5.74, 6) is 0.382. The first kappa shape index (κ1) is 18.3. The van der Waals surface area contributed by atoms with E-state index < -0.39 is 6.10 Å². The molecular formula is C18H27N3O3. The Kier molecular flexibility index (Phi) is 5.83. The molecule has 2 N–H and O–H groups in total. The van der Waals surface area contributed by atoms with Gasteiger partial charge in [-0.05, 0) is 44.9 Å². The van der Waals surface area contributed by atoms with Crippen LogP contribution in [-0.4, -0.2) is 42.5 Å². The predicted octanol–water partition coefficient (Wildman–Crippen LogP) is 2.08. The molecule has 2 amide bonds. The highest BCUT2D eigenvalue weighted by Crippen LogP contribution is 2.36. The molecule has 1 heterocycles. The molecule has 132 valence electrons. The lowest BCUT2D eigenvalue weighted by atomic mass is 10.0. The van der Waals surface area contributed by atoms with Gasteiger partial charge in [0.25, 0.3) is 5.91 Å². The van der Waals surface area contributed by atoms with E-state index in [0.29, 0.717) is 30.9 Å². The first-order valence-electron chi connectivity index (χ1n) is 8.58. The Hall–Kier alpha value is -2.08. The number of carbonyl (C=O) groups is 2. The number of carbonyl (C=O) groups excluding carboxylic acids is 2. The molecule has 0 radical (unpaired) electrons. The van der Waals surface area contributed by atoms with Gasteiger partial charge in [-0.25, -0.2) is 0 Å². The van der Waals surface area contributed by atoms with Crippen molar-refractivity contribution in [3.63, 3.8) is 0 Å². The minimum Gasteiger partial charge on any atom is -0.478 e. The van der Waals surface area contributed by atoms with Crippen molar-refractivity contribution in [1.82, 2.24) is 4.90 Å². The highest BCUT2D eigenvalue weighted by atomic mass is 16.5. The van der Waals surface area contributed by atoms with E-state index in [-0.39, 0.29) is 24.4 Å². The smallest absolute Gasteiger partial charge is 0.268 e. The zero-order valence-electron chi connectivity index (χ0n) is 14.9. The Morgan fingerprint density at radius 2 is 2.00 bits per heavy atom. The second kappa shape index (κ2) is 7.66. The molecule has 0 aliphatic carbocycles. The van der Waals surface area contributed by atoms with Crippen LogP contribution in [0, 0.1) is 0 Å². The van der Waals surface area contributed by atoms with Gasteiger partial charge in [-0.2, -0.15) is 0 Å². The van der Waals surface area contributed by atoms with Gasteiger partial charge in [0.1, 0.15) is 12.3 Å². The van der Waals surface area contributed by atoms with E-state index in [2.05, 4.69) is 0 Å². The van der Waals surface area contributed by atoms with Crippen LogP contribution in [0.25, 0.3) is 0 Å². The number of hydrogen-bond acceptors (Lipinski definition) is 4. The van der Waals surface area contributed by atoms with E-state index in [1.807, 2.05) is 45.9 Å². The van der Waals surface area contributed by atoms with Crippen molar-refractivity contribution in [3.8, 4) is 5.75 Å². The first-order valence-corrected chi connectivity index (χ1v) is 8.58. The summed E-state index contributed by atoms with van der Waals surface area (Å²) < 4.78 is 5.80. The highest BCUT2D eigenvalue weighted by Gasteiger charge is 2.35. The molecule has 2 unspecified atom stereocenters. The maximum Gasteiger partial charge on any atom is 0.268 e. The lowest BCUT2D eigenvalue weighted by Gasteiger charge is -2.35. The van der Waals surface area contributed by atoms with Gasteiger partial charge in [-0.15, -0.1) is 0 Å². The second-order valence-corrected chi connectivity index (χ2v) is 6.02. The first-order chi connectivity index (χ1) is 11.4. The maximum atomic E-state index is 12.7. The molecule has 0 saturated heterocycles. The normalized spacial score (nSPS) is 18.0. The Morgan fingerprint density at radius 1 is 1.33 bits per heavy atom. The number of benzene rings is 1. The van der Waals surface area contributed by atoms with Crippen molar-refractivity contribution in [3.05, 3.63) is 23.8 Å². The minimum atomic E-state index is -0.553. The summed E-state index contributed by atoms with van der Waals surface area (Å²) in [5.41, 5.74) is 7.48. The van der Waals surface area contributed by atoms with E-state index in [4.69, 9.17) is 10.5 Å². The van der Waals surface area contributed by atoms with Crippen molar-refractivity contribution in [1.29, 1.82) is 0 Å². The quantitative estimate of drug-likeness (QED) is 0.865. The number of ether oxygens (including phenoxy) is 1. The zero-order valence-corrected chi connectivity index (χ0v) is 14.9. The van der Waals surface area contributed by atoms with Crippen molar-refractivity contribution < 1.29 is 14.3 Å². The van der Waals surface area contributed by atoms with Gasteiger partial charge in [-0.1, -0.05) is 13.0 Å². The Morgan fingerprint density at radius 3 is 2.54 bits per heavy atom. The molecule has 0 fully saturated rings. The SMILES string of the molecule is CCC1Oc2ccc(C(C)N)cc2N(CC(=O)N(CC)CC)C1=O. The monoisotopic (exact) mass is 333 g/mol. The number of anilines is 1. The summed E-state index contributed by atoms with van der Waals surface area (Å²) in [6, 6.07) is 5.42. The standard InChI is InChI=1S/C18H27N3O3/c1-5-15-18(23)21(11-17(22)20(6-2)7-3)14-10-13(12(4)19)8-9-16(14)24-15/h8-10,12,15H,5-7,11,19H2,1-4H3. The molecule has 24 heavy (non-hydrogen) atoms. The molecule has 2 rings (SSSR count). The Balaban J connectivity index is 2.39. The van der Waals surface area contributed by atoms with Crippen molar-refractivity contribution in [2.24, 2.45) is 5.73 Å². The Bertz CT molecular complexity index is 612. The van der Waals surface area contributed by atoms with E-state index >= 15 is 0 Å². The molecule has 1 aromatic carbocycles.